The summed E-state index contributed by atoms with van der Waals surface area (Å²) in [6.45, 7) is 13.8. The fraction of sp³-hybridized carbons (Fsp3) is 0.568. The molecule has 9 aromatic heterocycles. The van der Waals surface area contributed by atoms with E-state index in [1.165, 1.54) is 365 Å². The maximum absolute atomic E-state index is 3.80. The minimum absolute atomic E-state index is 1.19. The minimum atomic E-state index is 1.19. The Morgan fingerprint density at radius 2 is 0.576 bits per heavy atom. The number of para-hydroxylation sites is 1. The highest BCUT2D eigenvalue weighted by molar-refractivity contribution is 9.11. The zero-order chi connectivity index (χ0) is 69.2. The van der Waals surface area contributed by atoms with Crippen molar-refractivity contribution in [2.75, 3.05) is 0 Å². The molecule has 10 aromatic rings. The normalized spacial score (nSPS) is 11.8. The Morgan fingerprint density at radius 3 is 0.949 bits per heavy atom. The van der Waals surface area contributed by atoms with Gasteiger partial charge in [-0.1, -0.05) is 277 Å². The van der Waals surface area contributed by atoms with E-state index in [1.54, 1.807) is 32.0 Å². The Hall–Kier alpha value is -2.42. The van der Waals surface area contributed by atoms with Crippen LogP contribution in [0.1, 0.15) is 317 Å². The Labute approximate surface area is 650 Å². The first kappa shape index (κ1) is 80.7. The number of thiophene rings is 8. The van der Waals surface area contributed by atoms with Gasteiger partial charge in [-0.3, -0.25) is 0 Å². The molecule has 0 saturated heterocycles. The van der Waals surface area contributed by atoms with Gasteiger partial charge in [0.25, 0.3) is 0 Å². The number of fused-ring (bicyclic) bond motifs is 3. The molecule has 0 aliphatic carbocycles. The third-order valence-corrected chi connectivity index (χ3v) is 31.2. The second-order valence-electron chi connectivity index (χ2n) is 28.6. The van der Waals surface area contributed by atoms with E-state index in [-0.39, 0.29) is 0 Å². The van der Waals surface area contributed by atoms with Crippen LogP contribution in [0, 0.1) is 13.8 Å². The average molecular weight is 1610 g/mol. The number of aromatic nitrogens is 1. The van der Waals surface area contributed by atoms with Gasteiger partial charge in [0.1, 0.15) is 0 Å². The zero-order valence-electron chi connectivity index (χ0n) is 61.7. The molecule has 0 fully saturated rings. The first-order valence-corrected chi connectivity index (χ1v) is 47.9. The number of halogens is 2. The van der Waals surface area contributed by atoms with Crippen molar-refractivity contribution in [3.63, 3.8) is 0 Å². The van der Waals surface area contributed by atoms with Gasteiger partial charge in [-0.15, -0.1) is 90.7 Å². The molecule has 11 heteroatoms. The molecule has 9 heterocycles. The molecule has 0 atom stereocenters. The fourth-order valence-corrected chi connectivity index (χ4v) is 25.1. The summed E-state index contributed by atoms with van der Waals surface area (Å²) in [5.41, 5.74) is 10.2. The maximum Gasteiger partial charge on any atom is 0.0711 e. The van der Waals surface area contributed by atoms with Gasteiger partial charge in [-0.05, 0) is 192 Å². The average Bonchev–Trinajstić information content (AvgIpc) is 1.57. The van der Waals surface area contributed by atoms with Crippen molar-refractivity contribution < 1.29 is 0 Å². The predicted molar refractivity (Wildman–Crippen MR) is 464 cm³/mol. The summed E-state index contributed by atoms with van der Waals surface area (Å²) in [5, 5.41) is 0. The summed E-state index contributed by atoms with van der Waals surface area (Å²) in [4.78, 5) is 17.4. The van der Waals surface area contributed by atoms with E-state index in [0.717, 1.165) is 0 Å². The first-order valence-electron chi connectivity index (χ1n) is 39.8. The van der Waals surface area contributed by atoms with E-state index in [1.807, 2.05) is 68.0 Å². The number of nitrogens with zero attached hydrogens (tertiary/aromatic N) is 1. The van der Waals surface area contributed by atoms with E-state index in [0.29, 0.717) is 0 Å². The Kier molecular flexibility index (Phi) is 37.3. The van der Waals surface area contributed by atoms with E-state index in [2.05, 4.69) is 192 Å². The van der Waals surface area contributed by atoms with E-state index < -0.39 is 0 Å². The van der Waals surface area contributed by atoms with Gasteiger partial charge >= 0.3 is 0 Å². The molecule has 10 rings (SSSR count). The van der Waals surface area contributed by atoms with Gasteiger partial charge in [-0.2, -0.15) is 0 Å². The standard InChI is InChI=1S/C56H69NS6.C32H52Br2S2/c1-5-7-9-11-13-15-17-19-21-24-28-42-36-41(4)59-53(42)54-43(29-25-22-20-18-16-14-12-10-8-6-2)37-50(61-54)48-34-35-49(60-48)52-39-46-56(63-52)55-45(57(46)44-30-26-23-27-31-44)38-51(62-55)47-33-32-40(3)58-47;1-3-5-7-9-11-13-15-17-19-21-23-27-25-29(33)35-31(27)32-28(26-30(34)36-32)24-22-20-18-16-14-12-10-8-6-4-2/h23,26-27,30-39H,5-22,24-25,28-29H2,1-4H3;25-26H,3-24H2,1-2H3. The highest BCUT2D eigenvalue weighted by atomic mass is 79.9. The van der Waals surface area contributed by atoms with Crippen molar-refractivity contribution in [2.24, 2.45) is 0 Å². The third-order valence-electron chi connectivity index (χ3n) is 20.1. The minimum Gasteiger partial charge on any atom is -0.307 e. The van der Waals surface area contributed by atoms with Gasteiger partial charge in [0.15, 0.2) is 0 Å². The summed E-state index contributed by atoms with van der Waals surface area (Å²) in [6, 6.07) is 35.1. The SMILES string of the molecule is CCCCCCCCCCCCc1cc(Br)sc1-c1sc(Br)cc1CCCCCCCCCCCC.CCCCCCCCCCCCc1cc(C)sc1-c1sc(-c2ccc(-c3cc4c(s3)c3sc(-c5ccc(C)s5)cc3n4-c3ccccc3)s2)cc1CCCCCCCCCCCC. The number of unbranched alkanes of at least 4 members (excludes halogenated alkanes) is 36. The summed E-state index contributed by atoms with van der Waals surface area (Å²) >= 11 is 23.4. The molecule has 1 aromatic carbocycles. The van der Waals surface area contributed by atoms with Crippen molar-refractivity contribution in [2.45, 2.75) is 324 Å². The smallest absolute Gasteiger partial charge is 0.0711 e. The van der Waals surface area contributed by atoms with Crippen molar-refractivity contribution in [1.29, 1.82) is 0 Å². The molecule has 540 valence electrons. The molecule has 0 bridgehead atoms. The molecule has 0 saturated carbocycles. The lowest BCUT2D eigenvalue weighted by Crippen LogP contribution is -1.91. The van der Waals surface area contributed by atoms with Gasteiger partial charge in [0, 0.05) is 64.2 Å². The summed E-state index contributed by atoms with van der Waals surface area (Å²) in [5.74, 6) is 0. The molecule has 1 nitrogen and oxygen atoms in total. The largest absolute Gasteiger partial charge is 0.307 e. The predicted octanol–water partition coefficient (Wildman–Crippen LogP) is 35.3. The molecule has 0 aliphatic rings. The second kappa shape index (κ2) is 45.8. The lowest BCUT2D eigenvalue weighted by atomic mass is 10.0. The van der Waals surface area contributed by atoms with Crippen LogP contribution >= 0.6 is 123 Å². The van der Waals surface area contributed by atoms with Crippen LogP contribution in [0.4, 0.5) is 0 Å². The lowest BCUT2D eigenvalue weighted by molar-refractivity contribution is 0.556. The number of benzene rings is 1. The molecule has 0 aliphatic heterocycles. The Morgan fingerprint density at radius 1 is 0.263 bits per heavy atom. The van der Waals surface area contributed by atoms with Crippen molar-refractivity contribution in [3.05, 3.63) is 131 Å². The Balaban J connectivity index is 0.000000271. The number of hydrogen-bond acceptors (Lipinski definition) is 8. The van der Waals surface area contributed by atoms with Gasteiger partial charge in [-0.25, -0.2) is 0 Å². The van der Waals surface area contributed by atoms with Crippen molar-refractivity contribution >= 4 is 143 Å². The van der Waals surface area contributed by atoms with E-state index in [4.69, 9.17) is 0 Å². The monoisotopic (exact) mass is 1610 g/mol. The van der Waals surface area contributed by atoms with Crippen LogP contribution in [-0.2, 0) is 25.7 Å². The highest BCUT2D eigenvalue weighted by Gasteiger charge is 2.24. The van der Waals surface area contributed by atoms with Crippen LogP contribution in [0.15, 0.2) is 98.6 Å². The third kappa shape index (κ3) is 26.0. The summed E-state index contributed by atoms with van der Waals surface area (Å²) in [6.07, 6.45) is 60.7. The fourth-order valence-electron chi connectivity index (χ4n) is 14.4. The van der Waals surface area contributed by atoms with E-state index in [9.17, 15) is 0 Å². The maximum atomic E-state index is 3.80. The first-order chi connectivity index (χ1) is 48.7. The number of hydrogen-bond donors (Lipinski definition) is 0. The van der Waals surface area contributed by atoms with Gasteiger partial charge in [0.2, 0.25) is 0 Å². The molecular formula is C88H121Br2NS8. The molecule has 0 radical (unpaired) electrons. The second-order valence-corrected chi connectivity index (χ2v) is 40.3. The zero-order valence-corrected chi connectivity index (χ0v) is 71.4. The van der Waals surface area contributed by atoms with Gasteiger partial charge in [0.05, 0.1) is 28.0 Å². The molecule has 0 spiro atoms. The van der Waals surface area contributed by atoms with Crippen molar-refractivity contribution in [3.8, 4) is 54.5 Å². The highest BCUT2D eigenvalue weighted by Crippen LogP contribution is 2.51. The summed E-state index contributed by atoms with van der Waals surface area (Å²) in [7, 11) is 0. The van der Waals surface area contributed by atoms with Gasteiger partial charge < -0.3 is 4.57 Å². The van der Waals surface area contributed by atoms with Crippen LogP contribution in [0.3, 0.4) is 0 Å². The number of rotatable bonds is 50. The Bertz CT molecular complexity index is 3740. The van der Waals surface area contributed by atoms with Crippen LogP contribution in [0.5, 0.6) is 0 Å². The summed E-state index contributed by atoms with van der Waals surface area (Å²) < 4.78 is 7.88. The van der Waals surface area contributed by atoms with Crippen LogP contribution in [0.25, 0.3) is 74.9 Å². The van der Waals surface area contributed by atoms with Crippen LogP contribution in [-0.4, -0.2) is 4.57 Å². The topological polar surface area (TPSA) is 4.93 Å². The lowest BCUT2D eigenvalue weighted by Gasteiger charge is -2.07. The molecule has 0 unspecified atom stereocenters. The molecular weight excluding hydrogens is 1490 g/mol. The van der Waals surface area contributed by atoms with Crippen LogP contribution < -0.4 is 0 Å². The molecule has 0 amide bonds. The van der Waals surface area contributed by atoms with E-state index >= 15 is 0 Å². The molecule has 99 heavy (non-hydrogen) atoms. The molecule has 0 N–H and O–H groups in total. The van der Waals surface area contributed by atoms with Crippen LogP contribution in [0.2, 0.25) is 0 Å². The number of aryl methyl sites for hydroxylation is 6. The quantitative estimate of drug-likeness (QED) is 0.0335. The van der Waals surface area contributed by atoms with Crippen molar-refractivity contribution in [1.82, 2.24) is 4.57 Å².